The lowest BCUT2D eigenvalue weighted by Crippen LogP contribution is -2.16. The highest BCUT2D eigenvalue weighted by molar-refractivity contribution is 7.99. The van der Waals surface area contributed by atoms with Crippen LogP contribution in [0, 0.1) is 6.92 Å². The van der Waals surface area contributed by atoms with E-state index in [-0.39, 0.29) is 11.9 Å². The van der Waals surface area contributed by atoms with Crippen LogP contribution in [0.3, 0.4) is 0 Å². The zero-order valence-corrected chi connectivity index (χ0v) is 13.5. The van der Waals surface area contributed by atoms with Gasteiger partial charge in [0.2, 0.25) is 5.91 Å². The molecule has 0 atom stereocenters. The van der Waals surface area contributed by atoms with Gasteiger partial charge in [-0.2, -0.15) is 5.10 Å². The molecular weight excluding hydrogens is 282 g/mol. The summed E-state index contributed by atoms with van der Waals surface area (Å²) in [6.07, 6.45) is 0.488. The van der Waals surface area contributed by atoms with Crippen LogP contribution in [0.5, 0.6) is 0 Å². The molecule has 21 heavy (non-hydrogen) atoms. The van der Waals surface area contributed by atoms with E-state index in [1.807, 2.05) is 49.7 Å². The smallest absolute Gasteiger partial charge is 0.226 e. The number of anilines is 1. The van der Waals surface area contributed by atoms with Gasteiger partial charge in [-0.05, 0) is 32.9 Å². The minimum absolute atomic E-state index is 0.0280. The van der Waals surface area contributed by atoms with Crippen molar-refractivity contribution in [2.45, 2.75) is 38.1 Å². The number of nitrogens with zero attached hydrogens (tertiary/aromatic N) is 2. The second-order valence-electron chi connectivity index (χ2n) is 5.17. The molecule has 0 saturated heterocycles. The Morgan fingerprint density at radius 1 is 1.33 bits per heavy atom. The van der Waals surface area contributed by atoms with Crippen LogP contribution in [0.2, 0.25) is 0 Å². The van der Waals surface area contributed by atoms with Crippen molar-refractivity contribution in [3.8, 4) is 0 Å². The van der Waals surface area contributed by atoms with Crippen LogP contribution in [0.25, 0.3) is 0 Å². The van der Waals surface area contributed by atoms with Gasteiger partial charge in [-0.25, -0.2) is 4.68 Å². The number of nitrogens with one attached hydrogen (secondary N) is 1. The van der Waals surface area contributed by atoms with Gasteiger partial charge < -0.3 is 5.32 Å². The summed E-state index contributed by atoms with van der Waals surface area (Å²) in [6, 6.07) is 12.2. The monoisotopic (exact) mass is 303 g/mol. The lowest BCUT2D eigenvalue weighted by Gasteiger charge is -2.11. The maximum Gasteiger partial charge on any atom is 0.226 e. The molecule has 1 heterocycles. The molecule has 4 nitrogen and oxygen atoms in total. The Balaban J connectivity index is 1.85. The number of carbonyl (C=O) groups excluding carboxylic acids is 1. The predicted molar refractivity (Wildman–Crippen MR) is 87.8 cm³/mol. The number of aryl methyl sites for hydroxylation is 1. The van der Waals surface area contributed by atoms with Crippen LogP contribution >= 0.6 is 11.8 Å². The SMILES string of the molecule is Cc1cc(NC(=O)CCSc2ccccc2)n(C(C)C)n1. The van der Waals surface area contributed by atoms with Gasteiger partial charge in [0, 0.05) is 29.2 Å². The van der Waals surface area contributed by atoms with E-state index in [9.17, 15) is 4.79 Å². The molecule has 0 spiro atoms. The van der Waals surface area contributed by atoms with Crippen molar-refractivity contribution in [1.29, 1.82) is 0 Å². The molecule has 0 fully saturated rings. The largest absolute Gasteiger partial charge is 0.311 e. The van der Waals surface area contributed by atoms with E-state index in [0.717, 1.165) is 17.3 Å². The minimum Gasteiger partial charge on any atom is -0.311 e. The summed E-state index contributed by atoms with van der Waals surface area (Å²) >= 11 is 1.69. The molecular formula is C16H21N3OS. The molecule has 0 aliphatic heterocycles. The van der Waals surface area contributed by atoms with E-state index < -0.39 is 0 Å². The van der Waals surface area contributed by atoms with Crippen LogP contribution in [0.15, 0.2) is 41.3 Å². The third kappa shape index (κ3) is 4.63. The fourth-order valence-corrected chi connectivity index (χ4v) is 2.86. The molecule has 1 aromatic heterocycles. The van der Waals surface area contributed by atoms with Gasteiger partial charge in [0.05, 0.1) is 5.69 Å². The molecule has 0 unspecified atom stereocenters. The highest BCUT2D eigenvalue weighted by Gasteiger charge is 2.11. The first-order valence-electron chi connectivity index (χ1n) is 7.10. The van der Waals surface area contributed by atoms with Crippen molar-refractivity contribution < 1.29 is 4.79 Å². The van der Waals surface area contributed by atoms with E-state index in [2.05, 4.69) is 22.5 Å². The third-order valence-corrected chi connectivity index (χ3v) is 3.97. The van der Waals surface area contributed by atoms with E-state index in [4.69, 9.17) is 0 Å². The van der Waals surface area contributed by atoms with Crippen LogP contribution in [0.4, 0.5) is 5.82 Å². The average Bonchev–Trinajstić information content (AvgIpc) is 2.81. The van der Waals surface area contributed by atoms with Crippen molar-refractivity contribution in [1.82, 2.24) is 9.78 Å². The number of rotatable bonds is 6. The first-order chi connectivity index (χ1) is 10.1. The van der Waals surface area contributed by atoms with Crippen molar-refractivity contribution in [2.24, 2.45) is 0 Å². The Morgan fingerprint density at radius 3 is 2.71 bits per heavy atom. The Hall–Kier alpha value is -1.75. The summed E-state index contributed by atoms with van der Waals surface area (Å²) in [5.74, 6) is 1.57. The molecule has 1 amide bonds. The average molecular weight is 303 g/mol. The number of hydrogen-bond acceptors (Lipinski definition) is 3. The lowest BCUT2D eigenvalue weighted by molar-refractivity contribution is -0.115. The van der Waals surface area contributed by atoms with Crippen molar-refractivity contribution in [3.63, 3.8) is 0 Å². The fourth-order valence-electron chi connectivity index (χ4n) is 1.99. The summed E-state index contributed by atoms with van der Waals surface area (Å²) in [6.45, 7) is 6.03. The first-order valence-corrected chi connectivity index (χ1v) is 8.08. The van der Waals surface area contributed by atoms with Crippen LogP contribution in [-0.2, 0) is 4.79 Å². The molecule has 2 rings (SSSR count). The maximum atomic E-state index is 12.0. The number of thioether (sulfide) groups is 1. The number of amides is 1. The molecule has 0 saturated carbocycles. The van der Waals surface area contributed by atoms with Gasteiger partial charge in [-0.1, -0.05) is 18.2 Å². The van der Waals surface area contributed by atoms with Crippen molar-refractivity contribution in [3.05, 3.63) is 42.1 Å². The van der Waals surface area contributed by atoms with E-state index in [1.165, 1.54) is 4.90 Å². The normalized spacial score (nSPS) is 10.9. The molecule has 1 aromatic carbocycles. The van der Waals surface area contributed by atoms with Crippen molar-refractivity contribution in [2.75, 3.05) is 11.1 Å². The molecule has 112 valence electrons. The quantitative estimate of drug-likeness (QED) is 0.823. The minimum atomic E-state index is 0.0280. The molecule has 0 radical (unpaired) electrons. The zero-order valence-electron chi connectivity index (χ0n) is 12.7. The van der Waals surface area contributed by atoms with Gasteiger partial charge >= 0.3 is 0 Å². The lowest BCUT2D eigenvalue weighted by atomic mass is 10.4. The highest BCUT2D eigenvalue weighted by Crippen LogP contribution is 2.19. The molecule has 0 aliphatic carbocycles. The topological polar surface area (TPSA) is 46.9 Å². The van der Waals surface area contributed by atoms with Gasteiger partial charge in [-0.3, -0.25) is 4.79 Å². The summed E-state index contributed by atoms with van der Waals surface area (Å²) in [5.41, 5.74) is 0.915. The Labute approximate surface area is 129 Å². The van der Waals surface area contributed by atoms with E-state index >= 15 is 0 Å². The maximum absolute atomic E-state index is 12.0. The van der Waals surface area contributed by atoms with E-state index in [0.29, 0.717) is 6.42 Å². The second kappa shape index (κ2) is 7.31. The molecule has 0 aliphatic rings. The zero-order chi connectivity index (χ0) is 15.2. The summed E-state index contributed by atoms with van der Waals surface area (Å²) < 4.78 is 1.84. The summed E-state index contributed by atoms with van der Waals surface area (Å²) in [5, 5.41) is 7.33. The highest BCUT2D eigenvalue weighted by atomic mass is 32.2. The Kier molecular flexibility index (Phi) is 5.44. The third-order valence-electron chi connectivity index (χ3n) is 2.96. The summed E-state index contributed by atoms with van der Waals surface area (Å²) in [4.78, 5) is 13.2. The van der Waals surface area contributed by atoms with Gasteiger partial charge in [0.25, 0.3) is 0 Å². The number of carbonyl (C=O) groups is 1. The van der Waals surface area contributed by atoms with Crippen molar-refractivity contribution >= 4 is 23.5 Å². The fraction of sp³-hybridized carbons (Fsp3) is 0.375. The molecule has 1 N–H and O–H groups in total. The molecule has 0 bridgehead atoms. The summed E-state index contributed by atoms with van der Waals surface area (Å²) in [7, 11) is 0. The predicted octanol–water partition coefficient (Wildman–Crippen LogP) is 3.89. The number of aromatic nitrogens is 2. The second-order valence-corrected chi connectivity index (χ2v) is 6.34. The van der Waals surface area contributed by atoms with Crippen LogP contribution in [0.1, 0.15) is 32.0 Å². The van der Waals surface area contributed by atoms with Gasteiger partial charge in [0.1, 0.15) is 5.82 Å². The molecule has 5 heteroatoms. The van der Waals surface area contributed by atoms with Crippen LogP contribution in [-0.4, -0.2) is 21.4 Å². The standard InChI is InChI=1S/C16H21N3OS/c1-12(2)19-15(11-13(3)18-19)17-16(20)9-10-21-14-7-5-4-6-8-14/h4-8,11-12H,9-10H2,1-3H3,(H,17,20). The first kappa shape index (κ1) is 15.6. The van der Waals surface area contributed by atoms with Crippen LogP contribution < -0.4 is 5.32 Å². The van der Waals surface area contributed by atoms with E-state index in [1.54, 1.807) is 11.8 Å². The number of hydrogen-bond donors (Lipinski definition) is 1. The van der Waals surface area contributed by atoms with Gasteiger partial charge in [0.15, 0.2) is 0 Å². The Morgan fingerprint density at radius 2 is 2.05 bits per heavy atom. The van der Waals surface area contributed by atoms with Gasteiger partial charge in [-0.15, -0.1) is 11.8 Å². The molecule has 2 aromatic rings. The number of benzene rings is 1. The Bertz CT molecular complexity index is 593.